The van der Waals surface area contributed by atoms with E-state index in [1.165, 1.54) is 11.8 Å². The molecule has 32 heavy (non-hydrogen) atoms. The molecule has 1 aromatic heterocycles. The predicted molar refractivity (Wildman–Crippen MR) is 117 cm³/mol. The minimum atomic E-state index is -1.10. The summed E-state index contributed by atoms with van der Waals surface area (Å²) in [6.45, 7) is 0.749. The molecule has 10 nitrogen and oxygen atoms in total. The molecule has 2 amide bonds. The average molecular weight is 468 g/mol. The summed E-state index contributed by atoms with van der Waals surface area (Å²) in [4.78, 5) is 51.3. The van der Waals surface area contributed by atoms with Crippen LogP contribution in [0.15, 0.2) is 24.4 Å². The molecule has 0 spiro atoms. The number of carboxylic acid groups (broad SMARTS) is 1. The van der Waals surface area contributed by atoms with E-state index in [2.05, 4.69) is 15.6 Å². The first kappa shape index (κ1) is 25.6. The van der Waals surface area contributed by atoms with Crippen molar-refractivity contribution in [2.24, 2.45) is 0 Å². The van der Waals surface area contributed by atoms with Gasteiger partial charge in [0, 0.05) is 19.2 Å². The maximum atomic E-state index is 12.6. The molecule has 1 aliphatic rings. The van der Waals surface area contributed by atoms with Crippen molar-refractivity contribution in [2.75, 3.05) is 19.0 Å². The van der Waals surface area contributed by atoms with Gasteiger partial charge in [-0.1, -0.05) is 6.07 Å². The Morgan fingerprint density at radius 1 is 1.25 bits per heavy atom. The van der Waals surface area contributed by atoms with E-state index < -0.39 is 23.9 Å². The van der Waals surface area contributed by atoms with Crippen LogP contribution in [-0.4, -0.2) is 64.3 Å². The number of rotatable bonds is 13. The fourth-order valence-electron chi connectivity index (χ4n) is 2.89. The molecule has 2 rings (SSSR count). The normalized spacial score (nSPS) is 16.6. The molecule has 1 aromatic rings. The Labute approximate surface area is 190 Å². The molecule has 1 fully saturated rings. The fraction of sp³-hybridized carbons (Fsp3) is 0.571. The van der Waals surface area contributed by atoms with Crippen LogP contribution in [0.1, 0.15) is 44.2 Å². The Morgan fingerprint density at radius 2 is 2.09 bits per heavy atom. The molecule has 2 heterocycles. The van der Waals surface area contributed by atoms with Gasteiger partial charge in [-0.2, -0.15) is 0 Å². The highest BCUT2D eigenvalue weighted by atomic mass is 32.2. The van der Waals surface area contributed by atoms with E-state index in [-0.39, 0.29) is 49.5 Å². The highest BCUT2D eigenvalue weighted by Gasteiger charge is 2.23. The second kappa shape index (κ2) is 14.4. The van der Waals surface area contributed by atoms with Crippen molar-refractivity contribution < 1.29 is 33.8 Å². The van der Waals surface area contributed by atoms with Crippen LogP contribution in [-0.2, 0) is 35.2 Å². The van der Waals surface area contributed by atoms with E-state index >= 15 is 0 Å². The zero-order valence-electron chi connectivity index (χ0n) is 17.8. The van der Waals surface area contributed by atoms with Gasteiger partial charge in [-0.15, -0.1) is 11.8 Å². The number of esters is 1. The van der Waals surface area contributed by atoms with Gasteiger partial charge in [-0.05, 0) is 31.4 Å². The quantitative estimate of drug-likeness (QED) is 0.365. The first-order chi connectivity index (χ1) is 15.4. The van der Waals surface area contributed by atoms with Crippen LogP contribution >= 0.6 is 11.8 Å². The van der Waals surface area contributed by atoms with Crippen molar-refractivity contribution in [3.8, 4) is 0 Å². The maximum absolute atomic E-state index is 12.6. The lowest BCUT2D eigenvalue weighted by atomic mass is 10.2. The van der Waals surface area contributed by atoms with E-state index in [1.54, 1.807) is 24.4 Å². The third-order valence-electron chi connectivity index (χ3n) is 4.57. The van der Waals surface area contributed by atoms with Crippen LogP contribution in [0.4, 0.5) is 0 Å². The zero-order valence-corrected chi connectivity index (χ0v) is 18.6. The third-order valence-corrected chi connectivity index (χ3v) is 5.74. The van der Waals surface area contributed by atoms with Crippen molar-refractivity contribution in [3.63, 3.8) is 0 Å². The van der Waals surface area contributed by atoms with Crippen molar-refractivity contribution in [1.82, 2.24) is 15.6 Å². The average Bonchev–Trinajstić information content (AvgIpc) is 2.80. The molecule has 176 valence electrons. The summed E-state index contributed by atoms with van der Waals surface area (Å²) in [5, 5.41) is 14.0. The molecule has 0 aliphatic carbocycles. The molecule has 2 atom stereocenters. The Hall–Kier alpha value is -2.66. The molecular formula is C21H29N3O7S. The van der Waals surface area contributed by atoms with E-state index in [9.17, 15) is 19.2 Å². The van der Waals surface area contributed by atoms with Gasteiger partial charge in [-0.3, -0.25) is 24.2 Å². The maximum Gasteiger partial charge on any atom is 0.306 e. The molecular weight excluding hydrogens is 438 g/mol. The smallest absolute Gasteiger partial charge is 0.306 e. The first-order valence-electron chi connectivity index (χ1n) is 10.5. The Kier molecular flexibility index (Phi) is 11.5. The highest BCUT2D eigenvalue weighted by molar-refractivity contribution is 8.00. The monoisotopic (exact) mass is 467 g/mol. The Morgan fingerprint density at radius 3 is 2.78 bits per heavy atom. The molecule has 1 saturated heterocycles. The van der Waals surface area contributed by atoms with Crippen LogP contribution in [0, 0.1) is 0 Å². The summed E-state index contributed by atoms with van der Waals surface area (Å²) in [5.74, 6) is -2.37. The number of carbonyl (C=O) groups is 4. The lowest BCUT2D eigenvalue weighted by Gasteiger charge is -2.22. The van der Waals surface area contributed by atoms with Crippen molar-refractivity contribution in [3.05, 3.63) is 30.1 Å². The van der Waals surface area contributed by atoms with Gasteiger partial charge in [0.05, 0.1) is 37.4 Å². The lowest BCUT2D eigenvalue weighted by molar-refractivity contribution is -0.148. The van der Waals surface area contributed by atoms with Crippen LogP contribution < -0.4 is 10.6 Å². The van der Waals surface area contributed by atoms with Gasteiger partial charge < -0.3 is 25.2 Å². The minimum absolute atomic E-state index is 0.0267. The summed E-state index contributed by atoms with van der Waals surface area (Å²) in [5.41, 5.74) is 0.636. The third kappa shape index (κ3) is 10.6. The number of pyridine rings is 1. The second-order valence-corrected chi connectivity index (χ2v) is 8.32. The van der Waals surface area contributed by atoms with Crippen LogP contribution in [0.5, 0.6) is 0 Å². The van der Waals surface area contributed by atoms with Crippen molar-refractivity contribution in [2.45, 2.75) is 56.5 Å². The number of carboxylic acids is 1. The Bertz CT molecular complexity index is 757. The van der Waals surface area contributed by atoms with E-state index in [4.69, 9.17) is 14.6 Å². The minimum Gasteiger partial charge on any atom is -0.481 e. The predicted octanol–water partition coefficient (Wildman–Crippen LogP) is 1.24. The largest absolute Gasteiger partial charge is 0.481 e. The molecule has 2 unspecified atom stereocenters. The van der Waals surface area contributed by atoms with Crippen LogP contribution in [0.2, 0.25) is 0 Å². The number of nitrogens with one attached hydrogen (secondary N) is 2. The van der Waals surface area contributed by atoms with Gasteiger partial charge >= 0.3 is 11.9 Å². The molecule has 3 N–H and O–H groups in total. The lowest BCUT2D eigenvalue weighted by Crippen LogP contribution is -2.48. The summed E-state index contributed by atoms with van der Waals surface area (Å²) in [6, 6.07) is 4.42. The van der Waals surface area contributed by atoms with Gasteiger partial charge in [-0.25, -0.2) is 0 Å². The van der Waals surface area contributed by atoms with Gasteiger partial charge in [0.25, 0.3) is 0 Å². The number of thioether (sulfide) groups is 1. The van der Waals surface area contributed by atoms with Gasteiger partial charge in [0.1, 0.15) is 11.5 Å². The number of nitrogens with zero attached hydrogens (tertiary/aromatic N) is 1. The molecule has 0 radical (unpaired) electrons. The molecule has 0 bridgehead atoms. The molecule has 0 aromatic carbocycles. The fourth-order valence-corrected chi connectivity index (χ4v) is 3.84. The summed E-state index contributed by atoms with van der Waals surface area (Å²) >= 11 is 1.39. The second-order valence-electron chi connectivity index (χ2n) is 7.17. The standard InChI is InChI=1S/C21H29N3O7S/c25-17(14-32-20-6-2-4-11-31-20)24-16(9-12-30-19(28)8-7-18(26)27)21(29)23-13-15-5-1-3-10-22-15/h1,3,5,10,16,20H,2,4,6-9,11-14H2,(H,23,29)(H,24,25)(H,26,27). The topological polar surface area (TPSA) is 144 Å². The van der Waals surface area contributed by atoms with Crippen LogP contribution in [0.25, 0.3) is 0 Å². The van der Waals surface area contributed by atoms with Crippen molar-refractivity contribution in [1.29, 1.82) is 0 Å². The number of aromatic nitrogens is 1. The zero-order chi connectivity index (χ0) is 23.2. The molecule has 11 heteroatoms. The molecule has 0 saturated carbocycles. The number of hydrogen-bond acceptors (Lipinski definition) is 8. The number of aliphatic carboxylic acids is 1. The van der Waals surface area contributed by atoms with E-state index in [1.807, 2.05) is 0 Å². The molecule has 1 aliphatic heterocycles. The number of carbonyl (C=O) groups excluding carboxylic acids is 3. The van der Waals surface area contributed by atoms with Crippen LogP contribution in [0.3, 0.4) is 0 Å². The summed E-state index contributed by atoms with van der Waals surface area (Å²) in [6.07, 6.45) is 4.06. The first-order valence-corrected chi connectivity index (χ1v) is 11.6. The number of amides is 2. The number of ether oxygens (including phenoxy) is 2. The van der Waals surface area contributed by atoms with Gasteiger partial charge in [0.15, 0.2) is 0 Å². The Balaban J connectivity index is 1.83. The summed E-state index contributed by atoms with van der Waals surface area (Å²) in [7, 11) is 0. The highest BCUT2D eigenvalue weighted by Crippen LogP contribution is 2.22. The summed E-state index contributed by atoms with van der Waals surface area (Å²) < 4.78 is 10.6. The van der Waals surface area contributed by atoms with Gasteiger partial charge in [0.2, 0.25) is 11.8 Å². The van der Waals surface area contributed by atoms with E-state index in [0.717, 1.165) is 19.3 Å². The number of hydrogen-bond donors (Lipinski definition) is 3. The SMILES string of the molecule is O=C(O)CCC(=O)OCCC(NC(=O)CSC1CCCCO1)C(=O)NCc1ccccn1. The van der Waals surface area contributed by atoms with E-state index in [0.29, 0.717) is 12.3 Å². The van der Waals surface area contributed by atoms with Crippen molar-refractivity contribution >= 4 is 35.5 Å².